The predicted octanol–water partition coefficient (Wildman–Crippen LogP) is 2.79. The number of fused-ring (bicyclic) bond motifs is 1. The van der Waals surface area contributed by atoms with E-state index in [4.69, 9.17) is 22.2 Å². The van der Waals surface area contributed by atoms with E-state index < -0.39 is 0 Å². The second-order valence-corrected chi connectivity index (χ2v) is 6.52. The molecule has 2 aromatic carbocycles. The van der Waals surface area contributed by atoms with Crippen LogP contribution in [0.15, 0.2) is 46.4 Å². The Morgan fingerprint density at radius 3 is 2.58 bits per heavy atom. The zero-order valence-corrected chi connectivity index (χ0v) is 13.5. The van der Waals surface area contributed by atoms with E-state index in [9.17, 15) is 0 Å². The largest absolute Gasteiger partial charge is 0.397 e. The molecule has 0 unspecified atom stereocenters. The molecule has 0 radical (unpaired) electrons. The summed E-state index contributed by atoms with van der Waals surface area (Å²) in [5.41, 5.74) is 24.2. The molecule has 0 spiro atoms. The maximum atomic E-state index is 6.16. The van der Waals surface area contributed by atoms with Crippen LogP contribution in [0.2, 0.25) is 0 Å². The van der Waals surface area contributed by atoms with Crippen molar-refractivity contribution in [3.8, 4) is 0 Å². The first-order valence-electron chi connectivity index (χ1n) is 8.29. The van der Waals surface area contributed by atoms with Crippen LogP contribution >= 0.6 is 0 Å². The molecule has 1 saturated carbocycles. The molecule has 0 saturated heterocycles. The molecule has 0 aromatic heterocycles. The van der Waals surface area contributed by atoms with Crippen molar-refractivity contribution in [2.45, 2.75) is 31.7 Å². The lowest BCUT2D eigenvalue weighted by Gasteiger charge is -2.21. The maximum absolute atomic E-state index is 6.16. The van der Waals surface area contributed by atoms with Crippen LogP contribution in [0.5, 0.6) is 0 Å². The molecule has 0 atom stereocenters. The number of nitrogen functional groups attached to an aromatic ring is 2. The Kier molecular flexibility index (Phi) is 3.49. The van der Waals surface area contributed by atoms with Crippen molar-refractivity contribution in [2.75, 3.05) is 11.5 Å². The van der Waals surface area contributed by atoms with Crippen LogP contribution in [0.4, 0.5) is 17.1 Å². The van der Waals surface area contributed by atoms with Gasteiger partial charge in [-0.15, -0.1) is 0 Å². The van der Waals surface area contributed by atoms with Gasteiger partial charge in [0.05, 0.1) is 28.8 Å². The maximum Gasteiger partial charge on any atom is 0.125 e. The number of anilines is 2. The summed E-state index contributed by atoms with van der Waals surface area (Å²) in [7, 11) is 0. The molecule has 1 fully saturated rings. The Morgan fingerprint density at radius 2 is 1.88 bits per heavy atom. The molecule has 0 amide bonds. The Hall–Kier alpha value is -2.82. The van der Waals surface area contributed by atoms with E-state index in [1.54, 1.807) is 0 Å². The lowest BCUT2D eigenvalue weighted by atomic mass is 9.93. The number of amidine groups is 1. The Morgan fingerprint density at radius 1 is 1.04 bits per heavy atom. The third-order valence-corrected chi connectivity index (χ3v) is 4.80. The number of hydrogen-bond acceptors (Lipinski definition) is 4. The van der Waals surface area contributed by atoms with Gasteiger partial charge in [0.15, 0.2) is 0 Å². The zero-order chi connectivity index (χ0) is 16.7. The van der Waals surface area contributed by atoms with E-state index in [2.05, 4.69) is 11.1 Å². The van der Waals surface area contributed by atoms with Crippen molar-refractivity contribution in [2.24, 2.45) is 15.7 Å². The molecule has 6 N–H and O–H groups in total. The summed E-state index contributed by atoms with van der Waals surface area (Å²) in [6.45, 7) is 0. The van der Waals surface area contributed by atoms with Gasteiger partial charge in [-0.2, -0.15) is 0 Å². The number of nitrogens with zero attached hydrogens (tertiary/aromatic N) is 2. The van der Waals surface area contributed by atoms with Crippen molar-refractivity contribution in [3.63, 3.8) is 0 Å². The monoisotopic (exact) mass is 319 g/mol. The number of rotatable bonds is 3. The van der Waals surface area contributed by atoms with Gasteiger partial charge in [-0.3, -0.25) is 9.98 Å². The first-order chi connectivity index (χ1) is 11.6. The molecule has 24 heavy (non-hydrogen) atoms. The van der Waals surface area contributed by atoms with E-state index in [0.29, 0.717) is 23.3 Å². The topological polar surface area (TPSA) is 103 Å². The lowest BCUT2D eigenvalue weighted by molar-refractivity contribution is 0.420. The molecular weight excluding hydrogens is 298 g/mol. The van der Waals surface area contributed by atoms with Gasteiger partial charge in [-0.05, 0) is 60.7 Å². The average molecular weight is 319 g/mol. The molecule has 1 aliphatic carbocycles. The highest BCUT2D eigenvalue weighted by Crippen LogP contribution is 2.31. The van der Waals surface area contributed by atoms with Crippen LogP contribution in [-0.2, 0) is 6.42 Å². The number of aliphatic imine (C=N–C) groups is 2. The standard InChI is InChI=1S/C19H21N5/c20-15-6-4-11(9-16(15)21)18-10-13-8-12(5-7-17(13)24-18)19(22)23-14-2-1-3-14/h4-9,14H,1-3,10,20-21H2,(H2,22,23). The first kappa shape index (κ1) is 14.8. The second kappa shape index (κ2) is 5.67. The molecular formula is C19H21N5. The van der Waals surface area contributed by atoms with Crippen molar-refractivity contribution in [1.82, 2.24) is 0 Å². The minimum absolute atomic E-state index is 0.405. The quantitative estimate of drug-likeness (QED) is 0.460. The highest BCUT2D eigenvalue weighted by molar-refractivity contribution is 6.08. The SMILES string of the molecule is NC(=NC1CCC1)c1ccc2c(c1)CC(c1ccc(N)c(N)c1)=N2. The van der Waals surface area contributed by atoms with Gasteiger partial charge in [0.1, 0.15) is 5.84 Å². The third-order valence-electron chi connectivity index (χ3n) is 4.80. The molecule has 4 rings (SSSR count). The van der Waals surface area contributed by atoms with E-state index in [1.807, 2.05) is 30.3 Å². The summed E-state index contributed by atoms with van der Waals surface area (Å²) < 4.78 is 0. The van der Waals surface area contributed by atoms with E-state index in [0.717, 1.165) is 41.8 Å². The molecule has 5 heteroatoms. The molecule has 122 valence electrons. The van der Waals surface area contributed by atoms with Crippen LogP contribution in [0, 0.1) is 0 Å². The summed E-state index contributed by atoms with van der Waals surface area (Å²) in [5, 5.41) is 0. The second-order valence-electron chi connectivity index (χ2n) is 6.52. The van der Waals surface area contributed by atoms with Crippen molar-refractivity contribution in [1.29, 1.82) is 0 Å². The van der Waals surface area contributed by atoms with Gasteiger partial charge in [0, 0.05) is 12.0 Å². The van der Waals surface area contributed by atoms with Crippen molar-refractivity contribution in [3.05, 3.63) is 53.1 Å². The van der Waals surface area contributed by atoms with Gasteiger partial charge >= 0.3 is 0 Å². The van der Waals surface area contributed by atoms with Crippen molar-refractivity contribution >= 4 is 28.6 Å². The lowest BCUT2D eigenvalue weighted by Crippen LogP contribution is -2.22. The van der Waals surface area contributed by atoms with E-state index >= 15 is 0 Å². The normalized spacial score (nSPS) is 17.3. The predicted molar refractivity (Wildman–Crippen MR) is 100.0 cm³/mol. The number of nitrogens with two attached hydrogens (primary N) is 3. The fourth-order valence-corrected chi connectivity index (χ4v) is 3.07. The average Bonchev–Trinajstić information content (AvgIpc) is 2.96. The summed E-state index contributed by atoms with van der Waals surface area (Å²) in [4.78, 5) is 9.32. The number of benzene rings is 2. The van der Waals surface area contributed by atoms with Gasteiger partial charge in [0.2, 0.25) is 0 Å². The number of hydrogen-bond donors (Lipinski definition) is 3. The fraction of sp³-hybridized carbons (Fsp3) is 0.263. The first-order valence-corrected chi connectivity index (χ1v) is 8.29. The minimum atomic E-state index is 0.405. The zero-order valence-electron chi connectivity index (χ0n) is 13.5. The summed E-state index contributed by atoms with van der Waals surface area (Å²) in [6.07, 6.45) is 4.33. The third kappa shape index (κ3) is 2.62. The van der Waals surface area contributed by atoms with Crippen LogP contribution in [0.1, 0.15) is 36.0 Å². The smallest absolute Gasteiger partial charge is 0.125 e. The van der Waals surface area contributed by atoms with Gasteiger partial charge < -0.3 is 17.2 Å². The highest BCUT2D eigenvalue weighted by atomic mass is 14.9. The molecule has 1 heterocycles. The minimum Gasteiger partial charge on any atom is -0.397 e. The fourth-order valence-electron chi connectivity index (χ4n) is 3.07. The summed E-state index contributed by atoms with van der Waals surface area (Å²) >= 11 is 0. The molecule has 1 aliphatic heterocycles. The van der Waals surface area contributed by atoms with E-state index in [-0.39, 0.29) is 0 Å². The van der Waals surface area contributed by atoms with Crippen LogP contribution in [0.3, 0.4) is 0 Å². The Labute approximate surface area is 141 Å². The van der Waals surface area contributed by atoms with E-state index in [1.165, 1.54) is 12.0 Å². The van der Waals surface area contributed by atoms with Crippen LogP contribution < -0.4 is 17.2 Å². The summed E-state index contributed by atoms with van der Waals surface area (Å²) in [5.74, 6) is 0.632. The molecule has 5 nitrogen and oxygen atoms in total. The van der Waals surface area contributed by atoms with Crippen LogP contribution in [-0.4, -0.2) is 17.6 Å². The highest BCUT2D eigenvalue weighted by Gasteiger charge is 2.19. The molecule has 2 aromatic rings. The van der Waals surface area contributed by atoms with Gasteiger partial charge in [0.25, 0.3) is 0 Å². The Bertz CT molecular complexity index is 862. The van der Waals surface area contributed by atoms with Gasteiger partial charge in [-0.1, -0.05) is 6.07 Å². The molecule has 0 bridgehead atoms. The van der Waals surface area contributed by atoms with Crippen LogP contribution in [0.25, 0.3) is 0 Å². The van der Waals surface area contributed by atoms with Gasteiger partial charge in [-0.25, -0.2) is 0 Å². The summed E-state index contributed by atoms with van der Waals surface area (Å²) in [6, 6.07) is 12.2. The molecule has 2 aliphatic rings. The van der Waals surface area contributed by atoms with Crippen molar-refractivity contribution < 1.29 is 0 Å². The Balaban J connectivity index is 1.58.